The molecule has 1 aromatic carbocycles. The summed E-state index contributed by atoms with van der Waals surface area (Å²) >= 11 is 3.39. The van der Waals surface area contributed by atoms with Gasteiger partial charge in [0, 0.05) is 12.7 Å². The topological polar surface area (TPSA) is 43.8 Å². The van der Waals surface area contributed by atoms with E-state index in [9.17, 15) is 0 Å². The normalized spacial score (nSPS) is 11.0. The Labute approximate surface area is 84.7 Å². The lowest BCUT2D eigenvalue weighted by atomic mass is 10.1. The molecule has 0 radical (unpaired) electrons. The van der Waals surface area contributed by atoms with Gasteiger partial charge in [0.1, 0.15) is 4.60 Å². The molecule has 0 bridgehead atoms. The quantitative estimate of drug-likeness (QED) is 0.717. The Kier molecular flexibility index (Phi) is 1.80. The molecule has 0 amide bonds. The summed E-state index contributed by atoms with van der Waals surface area (Å²) in [6.07, 6.45) is 0. The first-order chi connectivity index (χ1) is 6.11. The zero-order valence-corrected chi connectivity index (χ0v) is 9.09. The van der Waals surface area contributed by atoms with Crippen molar-refractivity contribution in [3.8, 4) is 0 Å². The number of halogens is 1. The summed E-state index contributed by atoms with van der Waals surface area (Å²) in [4.78, 5) is 0. The van der Waals surface area contributed by atoms with E-state index in [4.69, 9.17) is 5.73 Å². The van der Waals surface area contributed by atoms with Crippen molar-refractivity contribution < 1.29 is 0 Å². The van der Waals surface area contributed by atoms with Crippen molar-refractivity contribution in [1.82, 2.24) is 9.78 Å². The van der Waals surface area contributed by atoms with E-state index in [0.717, 1.165) is 21.2 Å². The molecule has 0 saturated carbocycles. The highest BCUT2D eigenvalue weighted by atomic mass is 79.9. The van der Waals surface area contributed by atoms with Gasteiger partial charge in [0.25, 0.3) is 0 Å². The molecule has 1 heterocycles. The second kappa shape index (κ2) is 2.73. The standard InChI is InChI=1S/C9H10BrN3/c1-5-3-4-6(11)7-8(5)13(2)12-9(7)10/h3-4H,11H2,1-2H3. The minimum Gasteiger partial charge on any atom is -0.398 e. The molecule has 3 nitrogen and oxygen atoms in total. The van der Waals surface area contributed by atoms with Gasteiger partial charge in [-0.2, -0.15) is 5.10 Å². The van der Waals surface area contributed by atoms with Crippen LogP contribution in [0.25, 0.3) is 10.9 Å². The van der Waals surface area contributed by atoms with Crippen molar-refractivity contribution in [1.29, 1.82) is 0 Å². The van der Waals surface area contributed by atoms with Crippen LogP contribution in [0.2, 0.25) is 0 Å². The number of nitrogen functional groups attached to an aromatic ring is 1. The fourth-order valence-corrected chi connectivity index (χ4v) is 2.23. The first-order valence-corrected chi connectivity index (χ1v) is 4.78. The number of nitrogens with two attached hydrogens (primary N) is 1. The average molecular weight is 240 g/mol. The van der Waals surface area contributed by atoms with Crippen LogP contribution in [0.1, 0.15) is 5.56 Å². The third-order valence-corrected chi connectivity index (χ3v) is 2.73. The van der Waals surface area contributed by atoms with Gasteiger partial charge in [-0.1, -0.05) is 6.07 Å². The van der Waals surface area contributed by atoms with Crippen molar-refractivity contribution >= 4 is 32.5 Å². The number of hydrogen-bond donors (Lipinski definition) is 1. The van der Waals surface area contributed by atoms with E-state index in [0.29, 0.717) is 0 Å². The maximum Gasteiger partial charge on any atom is 0.138 e. The molecule has 0 aliphatic rings. The number of anilines is 1. The van der Waals surface area contributed by atoms with Gasteiger partial charge >= 0.3 is 0 Å². The van der Waals surface area contributed by atoms with E-state index < -0.39 is 0 Å². The number of hydrogen-bond acceptors (Lipinski definition) is 2. The smallest absolute Gasteiger partial charge is 0.138 e. The Bertz CT molecular complexity index is 431. The van der Waals surface area contributed by atoms with E-state index in [-0.39, 0.29) is 0 Å². The molecule has 4 heteroatoms. The summed E-state index contributed by atoms with van der Waals surface area (Å²) in [5.74, 6) is 0. The van der Waals surface area contributed by atoms with Crippen LogP contribution < -0.4 is 5.73 Å². The van der Waals surface area contributed by atoms with Crippen molar-refractivity contribution in [2.45, 2.75) is 6.92 Å². The predicted molar refractivity (Wildman–Crippen MR) is 57.6 cm³/mol. The molecule has 0 saturated heterocycles. The van der Waals surface area contributed by atoms with Crippen LogP contribution in [-0.4, -0.2) is 9.78 Å². The maximum absolute atomic E-state index is 5.86. The van der Waals surface area contributed by atoms with Gasteiger partial charge in [0.2, 0.25) is 0 Å². The van der Waals surface area contributed by atoms with Crippen LogP contribution in [0.3, 0.4) is 0 Å². The first kappa shape index (κ1) is 8.56. The number of aromatic nitrogens is 2. The molecule has 0 spiro atoms. The Hall–Kier alpha value is -1.03. The molecule has 68 valence electrons. The monoisotopic (exact) mass is 239 g/mol. The Balaban J connectivity index is 3.03. The highest BCUT2D eigenvalue weighted by molar-refractivity contribution is 9.10. The Morgan fingerprint density at radius 3 is 2.77 bits per heavy atom. The summed E-state index contributed by atoms with van der Waals surface area (Å²) in [5.41, 5.74) is 8.90. The minimum absolute atomic E-state index is 0.764. The van der Waals surface area contributed by atoms with Crippen molar-refractivity contribution in [2.75, 3.05) is 5.73 Å². The van der Waals surface area contributed by atoms with Gasteiger partial charge in [0.15, 0.2) is 0 Å². The number of rotatable bonds is 0. The predicted octanol–water partition coefficient (Wildman–Crippen LogP) is 2.23. The molecule has 13 heavy (non-hydrogen) atoms. The summed E-state index contributed by atoms with van der Waals surface area (Å²) in [6, 6.07) is 3.91. The second-order valence-corrected chi connectivity index (χ2v) is 3.86. The molecular weight excluding hydrogens is 230 g/mol. The summed E-state index contributed by atoms with van der Waals surface area (Å²) in [6.45, 7) is 2.05. The maximum atomic E-state index is 5.86. The van der Waals surface area contributed by atoms with Crippen LogP contribution in [0, 0.1) is 6.92 Å². The number of aryl methyl sites for hydroxylation is 2. The lowest BCUT2D eigenvalue weighted by molar-refractivity contribution is 0.786. The van der Waals surface area contributed by atoms with E-state index >= 15 is 0 Å². The van der Waals surface area contributed by atoms with Crippen molar-refractivity contribution in [2.24, 2.45) is 7.05 Å². The second-order valence-electron chi connectivity index (χ2n) is 3.11. The molecule has 2 aromatic rings. The molecule has 0 aliphatic heterocycles. The van der Waals surface area contributed by atoms with Gasteiger partial charge in [0.05, 0.1) is 10.9 Å². The minimum atomic E-state index is 0.764. The fourth-order valence-electron chi connectivity index (χ4n) is 1.58. The lowest BCUT2D eigenvalue weighted by Gasteiger charge is -2.01. The molecule has 0 fully saturated rings. The fraction of sp³-hybridized carbons (Fsp3) is 0.222. The van der Waals surface area contributed by atoms with E-state index in [2.05, 4.69) is 28.0 Å². The van der Waals surface area contributed by atoms with Gasteiger partial charge in [-0.25, -0.2) is 0 Å². The summed E-state index contributed by atoms with van der Waals surface area (Å²) < 4.78 is 2.65. The third-order valence-electron chi connectivity index (χ3n) is 2.18. The highest BCUT2D eigenvalue weighted by Gasteiger charge is 2.10. The van der Waals surface area contributed by atoms with Crippen molar-refractivity contribution in [3.63, 3.8) is 0 Å². The first-order valence-electron chi connectivity index (χ1n) is 3.98. The lowest BCUT2D eigenvalue weighted by Crippen LogP contribution is -1.92. The molecule has 2 N–H and O–H groups in total. The van der Waals surface area contributed by atoms with Gasteiger partial charge in [-0.15, -0.1) is 0 Å². The molecule has 0 aliphatic carbocycles. The number of fused-ring (bicyclic) bond motifs is 1. The highest BCUT2D eigenvalue weighted by Crippen LogP contribution is 2.30. The largest absolute Gasteiger partial charge is 0.398 e. The summed E-state index contributed by atoms with van der Waals surface area (Å²) in [7, 11) is 1.92. The van der Waals surface area contributed by atoms with E-state index in [1.807, 2.05) is 23.9 Å². The average Bonchev–Trinajstić information content (AvgIpc) is 2.36. The molecule has 0 atom stereocenters. The van der Waals surface area contributed by atoms with Crippen LogP contribution in [-0.2, 0) is 7.05 Å². The zero-order valence-electron chi connectivity index (χ0n) is 7.50. The third kappa shape index (κ3) is 1.13. The van der Waals surface area contributed by atoms with Crippen molar-refractivity contribution in [3.05, 3.63) is 22.3 Å². The van der Waals surface area contributed by atoms with Gasteiger partial charge in [-0.05, 0) is 34.5 Å². The van der Waals surface area contributed by atoms with Crippen LogP contribution in [0.4, 0.5) is 5.69 Å². The Morgan fingerprint density at radius 2 is 2.15 bits per heavy atom. The van der Waals surface area contributed by atoms with Gasteiger partial charge in [-0.3, -0.25) is 4.68 Å². The number of nitrogens with zero attached hydrogens (tertiary/aromatic N) is 2. The van der Waals surface area contributed by atoms with E-state index in [1.54, 1.807) is 0 Å². The molecule has 2 rings (SSSR count). The molecule has 1 aromatic heterocycles. The molecule has 0 unspecified atom stereocenters. The zero-order chi connectivity index (χ0) is 9.59. The van der Waals surface area contributed by atoms with Crippen LogP contribution in [0.5, 0.6) is 0 Å². The van der Waals surface area contributed by atoms with Gasteiger partial charge < -0.3 is 5.73 Å². The van der Waals surface area contributed by atoms with E-state index in [1.165, 1.54) is 5.56 Å². The number of benzene rings is 1. The Morgan fingerprint density at radius 1 is 1.46 bits per heavy atom. The summed E-state index contributed by atoms with van der Waals surface area (Å²) in [5, 5.41) is 5.27. The SMILES string of the molecule is Cc1ccc(N)c2c(Br)nn(C)c12. The molecular formula is C9H10BrN3. The van der Waals surface area contributed by atoms with Crippen LogP contribution >= 0.6 is 15.9 Å². The van der Waals surface area contributed by atoms with Crippen LogP contribution in [0.15, 0.2) is 16.7 Å².